The summed E-state index contributed by atoms with van der Waals surface area (Å²) in [4.78, 5) is 23.1. The van der Waals surface area contributed by atoms with Crippen molar-refractivity contribution in [3.05, 3.63) is 71.8 Å². The van der Waals surface area contributed by atoms with Gasteiger partial charge in [0.25, 0.3) is 5.91 Å². The Morgan fingerprint density at radius 1 is 1.04 bits per heavy atom. The lowest BCUT2D eigenvalue weighted by molar-refractivity contribution is -0.148. The van der Waals surface area contributed by atoms with Gasteiger partial charge < -0.3 is 10.1 Å². The summed E-state index contributed by atoms with van der Waals surface area (Å²) in [5, 5.41) is 2.89. The number of amides is 1. The van der Waals surface area contributed by atoms with Crippen LogP contribution in [0.15, 0.2) is 60.7 Å². The van der Waals surface area contributed by atoms with Gasteiger partial charge in [0.1, 0.15) is 0 Å². The van der Waals surface area contributed by atoms with Gasteiger partial charge in [-0.2, -0.15) is 0 Å². The van der Waals surface area contributed by atoms with E-state index in [-0.39, 0.29) is 11.9 Å². The second kappa shape index (κ2) is 8.47. The first kappa shape index (κ1) is 17.2. The lowest BCUT2D eigenvalue weighted by Crippen LogP contribution is -2.35. The molecule has 1 aliphatic rings. The molecule has 1 N–H and O–H groups in total. The van der Waals surface area contributed by atoms with Gasteiger partial charge >= 0.3 is 5.97 Å². The number of hydrogen-bond donors (Lipinski definition) is 1. The Balaban J connectivity index is 1.55. The number of carbonyl (C=O) groups is 2. The molecule has 0 bridgehead atoms. The van der Waals surface area contributed by atoms with Crippen molar-refractivity contribution in [2.24, 2.45) is 0 Å². The maximum atomic E-state index is 12.0. The molecule has 0 spiro atoms. The molecule has 25 heavy (non-hydrogen) atoms. The standard InChI is InChI=1S/C21H23NO3/c23-20-14-13-19(25-20)21(24)22-15-7-12-18(16-8-3-1-4-9-16)17-10-5-2-6-11-17/h1-6,8-11,18-19H,7,12-15H2,(H,22,24)/t19-/m0/s1. The van der Waals surface area contributed by atoms with Gasteiger partial charge in [0, 0.05) is 25.3 Å². The second-order valence-electron chi connectivity index (χ2n) is 6.32. The number of nitrogens with one attached hydrogen (secondary N) is 1. The first-order valence-electron chi connectivity index (χ1n) is 8.81. The van der Waals surface area contributed by atoms with Gasteiger partial charge in [-0.1, -0.05) is 60.7 Å². The lowest BCUT2D eigenvalue weighted by atomic mass is 9.87. The minimum absolute atomic E-state index is 0.179. The molecule has 1 amide bonds. The molecule has 2 aromatic rings. The van der Waals surface area contributed by atoms with E-state index in [1.807, 2.05) is 12.1 Å². The SMILES string of the molecule is O=C1CC[C@@H](C(=O)NCCCC(c2ccccc2)c2ccccc2)O1. The fourth-order valence-corrected chi connectivity index (χ4v) is 3.24. The molecule has 4 nitrogen and oxygen atoms in total. The number of carbonyl (C=O) groups excluding carboxylic acids is 2. The first-order chi connectivity index (χ1) is 12.2. The maximum absolute atomic E-state index is 12.0. The minimum Gasteiger partial charge on any atom is -0.452 e. The van der Waals surface area contributed by atoms with E-state index in [0.29, 0.717) is 25.3 Å². The molecule has 0 aromatic heterocycles. The number of cyclic esters (lactones) is 1. The van der Waals surface area contributed by atoms with Crippen LogP contribution in [-0.2, 0) is 14.3 Å². The van der Waals surface area contributed by atoms with Crippen LogP contribution in [0.1, 0.15) is 42.7 Å². The molecule has 1 atom stereocenters. The fraction of sp³-hybridized carbons (Fsp3) is 0.333. The zero-order valence-electron chi connectivity index (χ0n) is 14.2. The molecule has 0 radical (unpaired) electrons. The molecule has 4 heteroatoms. The van der Waals surface area contributed by atoms with Crippen molar-refractivity contribution in [3.8, 4) is 0 Å². The third-order valence-electron chi connectivity index (χ3n) is 4.55. The average Bonchev–Trinajstić information content (AvgIpc) is 3.09. The Morgan fingerprint density at radius 2 is 1.64 bits per heavy atom. The third-order valence-corrected chi connectivity index (χ3v) is 4.55. The zero-order chi connectivity index (χ0) is 17.5. The van der Waals surface area contributed by atoms with E-state index < -0.39 is 6.10 Å². The van der Waals surface area contributed by atoms with E-state index in [0.717, 1.165) is 12.8 Å². The summed E-state index contributed by atoms with van der Waals surface area (Å²) in [6.45, 7) is 0.586. The summed E-state index contributed by atoms with van der Waals surface area (Å²) < 4.78 is 4.99. The first-order valence-corrected chi connectivity index (χ1v) is 8.81. The van der Waals surface area contributed by atoms with Gasteiger partial charge in [0.2, 0.25) is 0 Å². The molecule has 2 aromatic carbocycles. The highest BCUT2D eigenvalue weighted by Crippen LogP contribution is 2.28. The summed E-state index contributed by atoms with van der Waals surface area (Å²) in [5.74, 6) is -0.154. The van der Waals surface area contributed by atoms with Crippen LogP contribution >= 0.6 is 0 Å². The smallest absolute Gasteiger partial charge is 0.306 e. The van der Waals surface area contributed by atoms with Crippen LogP contribution in [-0.4, -0.2) is 24.5 Å². The van der Waals surface area contributed by atoms with Crippen molar-refractivity contribution in [2.75, 3.05) is 6.54 Å². The molecule has 1 heterocycles. The topological polar surface area (TPSA) is 55.4 Å². The van der Waals surface area contributed by atoms with Crippen LogP contribution in [0.3, 0.4) is 0 Å². The molecular formula is C21H23NO3. The van der Waals surface area contributed by atoms with Gasteiger partial charge in [0.05, 0.1) is 0 Å². The van der Waals surface area contributed by atoms with Crippen molar-refractivity contribution >= 4 is 11.9 Å². The molecule has 0 saturated carbocycles. The Bertz CT molecular complexity index is 660. The quantitative estimate of drug-likeness (QED) is 0.622. The number of benzene rings is 2. The molecule has 0 unspecified atom stereocenters. The molecule has 130 valence electrons. The van der Waals surface area contributed by atoms with Crippen LogP contribution in [0, 0.1) is 0 Å². The van der Waals surface area contributed by atoms with Gasteiger partial charge in [-0.3, -0.25) is 9.59 Å². The molecule has 1 saturated heterocycles. The highest BCUT2D eigenvalue weighted by molar-refractivity contribution is 5.86. The number of hydrogen-bond acceptors (Lipinski definition) is 3. The van der Waals surface area contributed by atoms with Gasteiger partial charge in [-0.15, -0.1) is 0 Å². The largest absolute Gasteiger partial charge is 0.452 e. The van der Waals surface area contributed by atoms with Gasteiger partial charge in [-0.25, -0.2) is 0 Å². The zero-order valence-corrected chi connectivity index (χ0v) is 14.2. The van der Waals surface area contributed by atoms with E-state index in [4.69, 9.17) is 4.74 Å². The predicted octanol–water partition coefficient (Wildman–Crippen LogP) is 3.42. The van der Waals surface area contributed by atoms with Crippen molar-refractivity contribution in [3.63, 3.8) is 0 Å². The Kier molecular flexibility index (Phi) is 5.83. The minimum atomic E-state index is -0.605. The van der Waals surface area contributed by atoms with E-state index in [1.54, 1.807) is 0 Å². The van der Waals surface area contributed by atoms with Crippen LogP contribution in [0.2, 0.25) is 0 Å². The van der Waals surface area contributed by atoms with Crippen LogP contribution in [0.5, 0.6) is 0 Å². The monoisotopic (exact) mass is 337 g/mol. The van der Waals surface area contributed by atoms with Crippen LogP contribution in [0.4, 0.5) is 0 Å². The summed E-state index contributed by atoms with van der Waals surface area (Å²) in [7, 11) is 0. The summed E-state index contributed by atoms with van der Waals surface area (Å²) in [5.41, 5.74) is 2.56. The molecule has 3 rings (SSSR count). The fourth-order valence-electron chi connectivity index (χ4n) is 3.24. The Labute approximate surface area is 148 Å². The summed E-state index contributed by atoms with van der Waals surface area (Å²) in [6, 6.07) is 20.9. The van der Waals surface area contributed by atoms with Crippen molar-refractivity contribution < 1.29 is 14.3 Å². The van der Waals surface area contributed by atoms with E-state index in [1.165, 1.54) is 11.1 Å². The Morgan fingerprint density at radius 3 is 2.16 bits per heavy atom. The molecule has 1 aliphatic heterocycles. The molecular weight excluding hydrogens is 314 g/mol. The average molecular weight is 337 g/mol. The highest BCUT2D eigenvalue weighted by atomic mass is 16.6. The molecule has 1 fully saturated rings. The van der Waals surface area contributed by atoms with Crippen molar-refractivity contribution in [1.82, 2.24) is 5.32 Å². The van der Waals surface area contributed by atoms with Gasteiger partial charge in [0.15, 0.2) is 6.10 Å². The molecule has 0 aliphatic carbocycles. The van der Waals surface area contributed by atoms with Gasteiger partial charge in [-0.05, 0) is 24.0 Å². The van der Waals surface area contributed by atoms with Crippen LogP contribution < -0.4 is 5.32 Å². The third kappa shape index (κ3) is 4.69. The van der Waals surface area contributed by atoms with Crippen molar-refractivity contribution in [2.45, 2.75) is 37.7 Å². The summed E-state index contributed by atoms with van der Waals surface area (Å²) in [6.07, 6.45) is 2.02. The Hall–Kier alpha value is -2.62. The predicted molar refractivity (Wildman–Crippen MR) is 96.1 cm³/mol. The van der Waals surface area contributed by atoms with E-state index in [9.17, 15) is 9.59 Å². The number of rotatable bonds is 7. The van der Waals surface area contributed by atoms with Crippen molar-refractivity contribution in [1.29, 1.82) is 0 Å². The maximum Gasteiger partial charge on any atom is 0.306 e. The highest BCUT2D eigenvalue weighted by Gasteiger charge is 2.29. The van der Waals surface area contributed by atoms with E-state index >= 15 is 0 Å². The second-order valence-corrected chi connectivity index (χ2v) is 6.32. The van der Waals surface area contributed by atoms with E-state index in [2.05, 4.69) is 53.8 Å². The lowest BCUT2D eigenvalue weighted by Gasteiger charge is -2.18. The number of esters is 1. The normalized spacial score (nSPS) is 16.7. The number of ether oxygens (including phenoxy) is 1. The van der Waals surface area contributed by atoms with Crippen LogP contribution in [0.25, 0.3) is 0 Å². The summed E-state index contributed by atoms with van der Waals surface area (Å²) >= 11 is 0.